The van der Waals surface area contributed by atoms with Gasteiger partial charge in [-0.25, -0.2) is 4.39 Å². The first kappa shape index (κ1) is 14.5. The van der Waals surface area contributed by atoms with Crippen LogP contribution in [0.3, 0.4) is 0 Å². The van der Waals surface area contributed by atoms with E-state index in [1.165, 1.54) is 6.07 Å². The topological polar surface area (TPSA) is 35.2 Å². The summed E-state index contributed by atoms with van der Waals surface area (Å²) < 4.78 is 18.8. The van der Waals surface area contributed by atoms with Gasteiger partial charge in [0.15, 0.2) is 0 Å². The molecule has 0 saturated carbocycles. The van der Waals surface area contributed by atoms with E-state index in [1.807, 2.05) is 37.3 Å². The SMILES string of the molecule is CCOc1cccc(CC(CN)c2cccc(F)c2)c1. The fraction of sp³-hybridized carbons (Fsp3) is 0.294. The third-order valence-corrected chi connectivity index (χ3v) is 3.30. The van der Waals surface area contributed by atoms with E-state index in [4.69, 9.17) is 10.5 Å². The highest BCUT2D eigenvalue weighted by Gasteiger charge is 2.12. The van der Waals surface area contributed by atoms with Crippen LogP contribution in [-0.2, 0) is 6.42 Å². The Kier molecular flexibility index (Phi) is 5.13. The van der Waals surface area contributed by atoms with Crippen LogP contribution in [0.15, 0.2) is 48.5 Å². The lowest BCUT2D eigenvalue weighted by molar-refractivity contribution is 0.340. The highest BCUT2D eigenvalue weighted by Crippen LogP contribution is 2.23. The lowest BCUT2D eigenvalue weighted by Crippen LogP contribution is -2.15. The molecule has 1 unspecified atom stereocenters. The van der Waals surface area contributed by atoms with Crippen LogP contribution in [0, 0.1) is 5.82 Å². The van der Waals surface area contributed by atoms with Crippen molar-refractivity contribution >= 4 is 0 Å². The molecule has 0 aliphatic rings. The zero-order chi connectivity index (χ0) is 14.4. The zero-order valence-corrected chi connectivity index (χ0v) is 11.7. The van der Waals surface area contributed by atoms with E-state index in [0.717, 1.165) is 23.3 Å². The highest BCUT2D eigenvalue weighted by molar-refractivity contribution is 5.31. The van der Waals surface area contributed by atoms with Crippen LogP contribution >= 0.6 is 0 Å². The summed E-state index contributed by atoms with van der Waals surface area (Å²) in [6, 6.07) is 14.6. The molecule has 2 nitrogen and oxygen atoms in total. The van der Waals surface area contributed by atoms with Crippen molar-refractivity contribution in [1.29, 1.82) is 0 Å². The fourth-order valence-electron chi connectivity index (χ4n) is 2.31. The van der Waals surface area contributed by atoms with E-state index in [1.54, 1.807) is 12.1 Å². The largest absolute Gasteiger partial charge is 0.494 e. The fourth-order valence-corrected chi connectivity index (χ4v) is 2.31. The van der Waals surface area contributed by atoms with Crippen molar-refractivity contribution in [1.82, 2.24) is 0 Å². The van der Waals surface area contributed by atoms with Crippen molar-refractivity contribution in [3.63, 3.8) is 0 Å². The highest BCUT2D eigenvalue weighted by atomic mass is 19.1. The van der Waals surface area contributed by atoms with E-state index >= 15 is 0 Å². The van der Waals surface area contributed by atoms with Gasteiger partial charge >= 0.3 is 0 Å². The standard InChI is InChI=1S/C17H20FNO/c1-2-20-17-8-3-5-13(10-17)9-15(12-19)14-6-4-7-16(18)11-14/h3-8,10-11,15H,2,9,12,19H2,1H3. The Morgan fingerprint density at radius 2 is 1.95 bits per heavy atom. The molecule has 106 valence electrons. The van der Waals surface area contributed by atoms with Gasteiger partial charge in [0.1, 0.15) is 11.6 Å². The summed E-state index contributed by atoms with van der Waals surface area (Å²) in [5.41, 5.74) is 7.93. The van der Waals surface area contributed by atoms with Crippen LogP contribution in [0.4, 0.5) is 4.39 Å². The Labute approximate surface area is 119 Å². The Hall–Kier alpha value is -1.87. The molecule has 0 heterocycles. The Bertz CT molecular complexity index is 556. The molecule has 3 heteroatoms. The normalized spacial score (nSPS) is 12.2. The van der Waals surface area contributed by atoms with Gasteiger partial charge in [-0.05, 0) is 55.3 Å². The second-order valence-electron chi connectivity index (χ2n) is 4.77. The van der Waals surface area contributed by atoms with Gasteiger partial charge in [-0.2, -0.15) is 0 Å². The molecule has 0 spiro atoms. The number of benzene rings is 2. The molecule has 0 saturated heterocycles. The predicted octanol–water partition coefficient (Wildman–Crippen LogP) is 3.51. The summed E-state index contributed by atoms with van der Waals surface area (Å²) in [4.78, 5) is 0. The minimum absolute atomic E-state index is 0.113. The second kappa shape index (κ2) is 7.06. The summed E-state index contributed by atoms with van der Waals surface area (Å²) in [5.74, 6) is 0.756. The molecule has 1 atom stereocenters. The van der Waals surface area contributed by atoms with Gasteiger partial charge < -0.3 is 10.5 Å². The van der Waals surface area contributed by atoms with E-state index in [0.29, 0.717) is 13.2 Å². The maximum absolute atomic E-state index is 13.3. The summed E-state index contributed by atoms with van der Waals surface area (Å²) >= 11 is 0. The van der Waals surface area contributed by atoms with Gasteiger partial charge in [-0.3, -0.25) is 0 Å². The molecule has 0 aliphatic heterocycles. The van der Waals surface area contributed by atoms with E-state index in [9.17, 15) is 4.39 Å². The third kappa shape index (κ3) is 3.81. The first-order valence-electron chi connectivity index (χ1n) is 6.90. The molecule has 2 aromatic rings. The number of hydrogen-bond acceptors (Lipinski definition) is 2. The predicted molar refractivity (Wildman–Crippen MR) is 79.5 cm³/mol. The molecule has 0 radical (unpaired) electrons. The zero-order valence-electron chi connectivity index (χ0n) is 11.7. The van der Waals surface area contributed by atoms with Crippen LogP contribution in [0.5, 0.6) is 5.75 Å². The molecule has 0 fully saturated rings. The minimum atomic E-state index is -0.219. The molecule has 0 aliphatic carbocycles. The minimum Gasteiger partial charge on any atom is -0.494 e. The lowest BCUT2D eigenvalue weighted by Gasteiger charge is -2.16. The number of rotatable bonds is 6. The van der Waals surface area contributed by atoms with Crippen molar-refractivity contribution in [2.45, 2.75) is 19.3 Å². The summed E-state index contributed by atoms with van der Waals surface area (Å²) in [7, 11) is 0. The second-order valence-corrected chi connectivity index (χ2v) is 4.77. The Morgan fingerprint density at radius 3 is 2.65 bits per heavy atom. The van der Waals surface area contributed by atoms with E-state index < -0.39 is 0 Å². The van der Waals surface area contributed by atoms with Gasteiger partial charge in [0.2, 0.25) is 0 Å². The number of halogens is 1. The van der Waals surface area contributed by atoms with Crippen LogP contribution < -0.4 is 10.5 Å². The number of ether oxygens (including phenoxy) is 1. The first-order chi connectivity index (χ1) is 9.72. The van der Waals surface area contributed by atoms with Crippen molar-refractivity contribution in [3.05, 3.63) is 65.5 Å². The maximum Gasteiger partial charge on any atom is 0.123 e. The molecule has 0 amide bonds. The molecular formula is C17H20FNO. The lowest BCUT2D eigenvalue weighted by atomic mass is 9.92. The Balaban J connectivity index is 2.15. The quantitative estimate of drug-likeness (QED) is 0.874. The van der Waals surface area contributed by atoms with Crippen molar-refractivity contribution < 1.29 is 9.13 Å². The average Bonchev–Trinajstić information content (AvgIpc) is 2.45. The van der Waals surface area contributed by atoms with Gasteiger partial charge in [0.05, 0.1) is 6.61 Å². The van der Waals surface area contributed by atoms with Crippen molar-refractivity contribution in [2.24, 2.45) is 5.73 Å². The van der Waals surface area contributed by atoms with Gasteiger partial charge in [-0.15, -0.1) is 0 Å². The van der Waals surface area contributed by atoms with Crippen LogP contribution in [-0.4, -0.2) is 13.2 Å². The van der Waals surface area contributed by atoms with Crippen molar-refractivity contribution in [3.8, 4) is 5.75 Å². The molecule has 2 aromatic carbocycles. The van der Waals surface area contributed by atoms with Crippen molar-refractivity contribution in [2.75, 3.05) is 13.2 Å². The summed E-state index contributed by atoms with van der Waals surface area (Å²) in [6.45, 7) is 3.10. The van der Waals surface area contributed by atoms with Crippen LogP contribution in [0.1, 0.15) is 24.0 Å². The maximum atomic E-state index is 13.3. The molecule has 0 aromatic heterocycles. The number of hydrogen-bond donors (Lipinski definition) is 1. The molecule has 2 rings (SSSR count). The molecule has 20 heavy (non-hydrogen) atoms. The van der Waals surface area contributed by atoms with E-state index in [-0.39, 0.29) is 11.7 Å². The average molecular weight is 273 g/mol. The van der Waals surface area contributed by atoms with Crippen LogP contribution in [0.25, 0.3) is 0 Å². The monoisotopic (exact) mass is 273 g/mol. The Morgan fingerprint density at radius 1 is 1.15 bits per heavy atom. The molecular weight excluding hydrogens is 253 g/mol. The smallest absolute Gasteiger partial charge is 0.123 e. The van der Waals surface area contributed by atoms with Gasteiger partial charge in [0.25, 0.3) is 0 Å². The summed E-state index contributed by atoms with van der Waals surface area (Å²) in [5, 5.41) is 0. The van der Waals surface area contributed by atoms with Gasteiger partial charge in [-0.1, -0.05) is 24.3 Å². The third-order valence-electron chi connectivity index (χ3n) is 3.30. The van der Waals surface area contributed by atoms with Crippen LogP contribution in [0.2, 0.25) is 0 Å². The van der Waals surface area contributed by atoms with Gasteiger partial charge in [0, 0.05) is 5.92 Å². The van der Waals surface area contributed by atoms with E-state index in [2.05, 4.69) is 0 Å². The molecule has 2 N–H and O–H groups in total. The first-order valence-corrected chi connectivity index (χ1v) is 6.90. The number of nitrogens with two attached hydrogens (primary N) is 1. The molecule has 0 bridgehead atoms. The summed E-state index contributed by atoms with van der Waals surface area (Å²) in [6.07, 6.45) is 0.779.